The Morgan fingerprint density at radius 1 is 0.360 bits per heavy atom. The van der Waals surface area contributed by atoms with Gasteiger partial charge in [-0.1, -0.05) is 260 Å². The summed E-state index contributed by atoms with van der Waals surface area (Å²) in [5.74, 6) is -0.859. The maximum Gasteiger partial charge on any atom is 0.472 e. The molecule has 0 radical (unpaired) electrons. The predicted molar refractivity (Wildman–Crippen MR) is 371 cm³/mol. The minimum atomic E-state index is -4.42. The summed E-state index contributed by atoms with van der Waals surface area (Å²) >= 11 is 0. The van der Waals surface area contributed by atoms with Crippen LogP contribution < -0.4 is 0 Å². The van der Waals surface area contributed by atoms with Gasteiger partial charge in [-0.15, -0.1) is 0 Å². The van der Waals surface area contributed by atoms with Gasteiger partial charge in [-0.05, 0) is 141 Å². The zero-order chi connectivity index (χ0) is 62.6. The maximum atomic E-state index is 12.9. The molecule has 0 spiro atoms. The molecule has 2 unspecified atom stereocenters. The molecular formula is C76H121NO8P+. The van der Waals surface area contributed by atoms with Gasteiger partial charge in [0, 0.05) is 12.8 Å². The summed E-state index contributed by atoms with van der Waals surface area (Å²) in [4.78, 5) is 35.8. The van der Waals surface area contributed by atoms with Crippen LogP contribution in [0.25, 0.3) is 0 Å². The number of rotatable bonds is 58. The Kier molecular flexibility index (Phi) is 60.5. The first-order valence-corrected chi connectivity index (χ1v) is 34.7. The van der Waals surface area contributed by atoms with Crippen molar-refractivity contribution in [2.45, 2.75) is 225 Å². The number of quaternary nitrogens is 1. The van der Waals surface area contributed by atoms with Crippen molar-refractivity contribution in [3.05, 3.63) is 194 Å². The van der Waals surface area contributed by atoms with Crippen LogP contribution in [0.3, 0.4) is 0 Å². The fourth-order valence-electron chi connectivity index (χ4n) is 8.10. The summed E-state index contributed by atoms with van der Waals surface area (Å²) in [7, 11) is 1.42. The van der Waals surface area contributed by atoms with E-state index in [-0.39, 0.29) is 26.1 Å². The number of nitrogens with zero attached hydrogens (tertiary/aromatic N) is 1. The van der Waals surface area contributed by atoms with E-state index in [1.54, 1.807) is 0 Å². The van der Waals surface area contributed by atoms with Gasteiger partial charge in [0.15, 0.2) is 6.10 Å². The number of carbonyl (C=O) groups excluding carboxylic acids is 2. The summed E-state index contributed by atoms with van der Waals surface area (Å²) in [6, 6.07) is 0. The van der Waals surface area contributed by atoms with Crippen molar-refractivity contribution in [2.24, 2.45) is 0 Å². The third-order valence-corrected chi connectivity index (χ3v) is 14.1. The number of esters is 2. The van der Waals surface area contributed by atoms with Crippen LogP contribution in [0.1, 0.15) is 219 Å². The van der Waals surface area contributed by atoms with E-state index in [9.17, 15) is 19.0 Å². The van der Waals surface area contributed by atoms with Crippen LogP contribution in [0.5, 0.6) is 0 Å². The molecule has 1 N–H and O–H groups in total. The molecule has 0 fully saturated rings. The van der Waals surface area contributed by atoms with E-state index >= 15 is 0 Å². The Bertz CT molecular complexity index is 2150. The van der Waals surface area contributed by atoms with Gasteiger partial charge < -0.3 is 18.9 Å². The fraction of sp³-hybridized carbons (Fsp3) is 0.553. The van der Waals surface area contributed by atoms with Gasteiger partial charge in [-0.3, -0.25) is 18.6 Å². The largest absolute Gasteiger partial charge is 0.472 e. The number of ether oxygens (including phenoxy) is 2. The highest BCUT2D eigenvalue weighted by Crippen LogP contribution is 2.43. The molecular weight excluding hydrogens is 1090 g/mol. The first-order chi connectivity index (χ1) is 42.0. The second-order valence-electron chi connectivity index (χ2n) is 22.4. The quantitative estimate of drug-likeness (QED) is 0.0211. The molecule has 0 bridgehead atoms. The average molecular weight is 1210 g/mol. The molecule has 482 valence electrons. The number of phosphoric acid groups is 1. The molecule has 0 aromatic carbocycles. The lowest BCUT2D eigenvalue weighted by molar-refractivity contribution is -0.870. The lowest BCUT2D eigenvalue weighted by Crippen LogP contribution is -2.37. The van der Waals surface area contributed by atoms with E-state index in [0.29, 0.717) is 23.9 Å². The average Bonchev–Trinajstić information content (AvgIpc) is 3.56. The Labute approximate surface area is 526 Å². The van der Waals surface area contributed by atoms with Crippen LogP contribution in [0.15, 0.2) is 194 Å². The van der Waals surface area contributed by atoms with E-state index in [1.165, 1.54) is 32.1 Å². The smallest absolute Gasteiger partial charge is 0.462 e. The van der Waals surface area contributed by atoms with Gasteiger partial charge in [-0.2, -0.15) is 0 Å². The van der Waals surface area contributed by atoms with E-state index in [4.69, 9.17) is 18.5 Å². The highest BCUT2D eigenvalue weighted by molar-refractivity contribution is 7.47. The topological polar surface area (TPSA) is 108 Å². The molecule has 0 aliphatic rings. The molecule has 0 aromatic rings. The van der Waals surface area contributed by atoms with Gasteiger partial charge in [0.25, 0.3) is 0 Å². The van der Waals surface area contributed by atoms with Gasteiger partial charge in [-0.25, -0.2) is 4.57 Å². The second-order valence-corrected chi connectivity index (χ2v) is 23.8. The van der Waals surface area contributed by atoms with E-state index < -0.39 is 32.5 Å². The summed E-state index contributed by atoms with van der Waals surface area (Å²) in [5, 5.41) is 0. The lowest BCUT2D eigenvalue weighted by Gasteiger charge is -2.24. The molecule has 10 heteroatoms. The van der Waals surface area contributed by atoms with Crippen LogP contribution in [0.2, 0.25) is 0 Å². The van der Waals surface area contributed by atoms with Gasteiger partial charge in [0.05, 0.1) is 27.7 Å². The van der Waals surface area contributed by atoms with Crippen molar-refractivity contribution in [3.8, 4) is 0 Å². The lowest BCUT2D eigenvalue weighted by atomic mass is 10.1. The van der Waals surface area contributed by atoms with Crippen LogP contribution in [0, 0.1) is 0 Å². The maximum absolute atomic E-state index is 12.9. The highest BCUT2D eigenvalue weighted by Gasteiger charge is 2.27. The minimum absolute atomic E-state index is 0.0121. The zero-order valence-corrected chi connectivity index (χ0v) is 55.6. The Morgan fingerprint density at radius 2 is 0.628 bits per heavy atom. The van der Waals surface area contributed by atoms with Crippen LogP contribution >= 0.6 is 7.82 Å². The molecule has 0 saturated carbocycles. The van der Waals surface area contributed by atoms with Gasteiger partial charge in [0.1, 0.15) is 19.8 Å². The number of unbranched alkanes of at least 4 members (excludes halogenated alkanes) is 12. The first-order valence-electron chi connectivity index (χ1n) is 33.2. The van der Waals surface area contributed by atoms with Crippen molar-refractivity contribution in [1.82, 2.24) is 0 Å². The Balaban J connectivity index is 4.26. The second kappa shape index (κ2) is 64.3. The third kappa shape index (κ3) is 68.0. The van der Waals surface area contributed by atoms with Crippen LogP contribution in [0.4, 0.5) is 0 Å². The van der Waals surface area contributed by atoms with E-state index in [2.05, 4.69) is 208 Å². The minimum Gasteiger partial charge on any atom is -0.462 e. The normalized spacial score (nSPS) is 14.4. The molecule has 0 aromatic heterocycles. The third-order valence-electron chi connectivity index (χ3n) is 13.1. The van der Waals surface area contributed by atoms with Crippen molar-refractivity contribution in [2.75, 3.05) is 47.5 Å². The van der Waals surface area contributed by atoms with Crippen LogP contribution in [-0.4, -0.2) is 74.9 Å². The van der Waals surface area contributed by atoms with Crippen molar-refractivity contribution < 1.29 is 42.1 Å². The predicted octanol–water partition coefficient (Wildman–Crippen LogP) is 21.7. The monoisotopic (exact) mass is 1210 g/mol. The standard InChI is InChI=1S/C76H120NO8P/c1-6-8-10-12-14-16-18-20-22-24-26-28-30-32-34-36-38-40-42-44-46-48-50-52-54-56-58-60-62-64-66-68-75(78)82-72-74(73-84-86(80,81)83-71-70-77(3,4)5)85-76(79)69-67-65-63-61-59-57-55-53-51-49-47-45-43-41-39-37-35-33-31-29-27-25-23-21-19-17-15-13-11-9-7-2/h8-11,14-17,20-23,26-29,32-35,38-41,44-47,51,53,57,59,74H,6-7,12-13,18-19,24-25,30-31,36-37,42-43,48-50,52,54-56,58,60-73H2,1-5H3/p+1/b10-8-,11-9-,16-14-,17-15-,22-20-,23-21-,28-26-,29-27-,34-32-,35-33-,40-38-,41-39-,46-44-,47-45-,53-51-,59-57-. The molecule has 0 heterocycles. The molecule has 0 aliphatic heterocycles. The number of likely N-dealkylation sites (N-methyl/N-ethyl adjacent to an activating group) is 1. The van der Waals surface area contributed by atoms with Crippen LogP contribution in [-0.2, 0) is 32.7 Å². The highest BCUT2D eigenvalue weighted by atomic mass is 31.2. The number of allylic oxidation sites excluding steroid dienone is 32. The van der Waals surface area contributed by atoms with Crippen molar-refractivity contribution >= 4 is 19.8 Å². The molecule has 9 nitrogen and oxygen atoms in total. The molecule has 0 aliphatic carbocycles. The number of hydrogen-bond donors (Lipinski definition) is 1. The molecule has 86 heavy (non-hydrogen) atoms. The first kappa shape index (κ1) is 80.8. The molecule has 2 atom stereocenters. The molecule has 0 amide bonds. The molecule has 0 rings (SSSR count). The SMILES string of the molecule is CC/C=C\C/C=C\C/C=C\C/C=C\C/C=C\C/C=C\C/C=C\C/C=C\C/C=C\CCCCCC(=O)OC(COC(=O)CCCCCCCCCCC/C=C\C/C=C\C/C=C\C/C=C\C/C=C\C/C=C\C/C=C\CC)COP(=O)(O)OCC[N+](C)(C)C. The summed E-state index contributed by atoms with van der Waals surface area (Å²) in [6.45, 7) is 4.13. The van der Waals surface area contributed by atoms with Gasteiger partial charge in [0.2, 0.25) is 0 Å². The van der Waals surface area contributed by atoms with Crippen molar-refractivity contribution in [1.29, 1.82) is 0 Å². The number of phosphoric ester groups is 1. The number of hydrogen-bond acceptors (Lipinski definition) is 7. The summed E-state index contributed by atoms with van der Waals surface area (Å²) in [6.07, 6.45) is 101. The van der Waals surface area contributed by atoms with Gasteiger partial charge >= 0.3 is 19.8 Å². The Hall–Kier alpha value is -5.15. The van der Waals surface area contributed by atoms with E-state index in [1.807, 2.05) is 21.1 Å². The zero-order valence-electron chi connectivity index (χ0n) is 54.7. The summed E-state index contributed by atoms with van der Waals surface area (Å²) in [5.41, 5.74) is 0. The summed E-state index contributed by atoms with van der Waals surface area (Å²) < 4.78 is 34.6. The van der Waals surface area contributed by atoms with E-state index in [0.717, 1.165) is 148 Å². The fourth-order valence-corrected chi connectivity index (χ4v) is 8.85. The molecule has 0 saturated heterocycles. The number of carbonyl (C=O) groups is 2. The van der Waals surface area contributed by atoms with Crippen molar-refractivity contribution in [3.63, 3.8) is 0 Å². The Morgan fingerprint density at radius 3 is 0.942 bits per heavy atom.